The zero-order valence-electron chi connectivity index (χ0n) is 11.2. The van der Waals surface area contributed by atoms with Crippen molar-refractivity contribution in [1.29, 1.82) is 0 Å². The van der Waals surface area contributed by atoms with Crippen molar-refractivity contribution in [2.45, 2.75) is 6.54 Å². The molecule has 1 N–H and O–H groups in total. The Kier molecular flexibility index (Phi) is 2.81. The number of benzene rings is 1. The maximum atomic E-state index is 5.58. The van der Waals surface area contributed by atoms with Crippen LogP contribution in [0.25, 0.3) is 5.65 Å². The average Bonchev–Trinajstić information content (AvgIpc) is 3.02. The van der Waals surface area contributed by atoms with Crippen LogP contribution >= 0.6 is 0 Å². The van der Waals surface area contributed by atoms with Gasteiger partial charge in [-0.1, -0.05) is 6.07 Å². The summed E-state index contributed by atoms with van der Waals surface area (Å²) in [5.41, 5.74) is 1.79. The summed E-state index contributed by atoms with van der Waals surface area (Å²) in [6.45, 7) is 1.81. The largest absolute Gasteiger partial charge is 0.486 e. The van der Waals surface area contributed by atoms with E-state index in [2.05, 4.69) is 20.5 Å². The van der Waals surface area contributed by atoms with E-state index in [9.17, 15) is 0 Å². The molecule has 1 aromatic carbocycles. The number of hydrogen-bond acceptors (Lipinski definition) is 6. The lowest BCUT2D eigenvalue weighted by atomic mass is 10.2. The molecule has 3 aromatic rings. The van der Waals surface area contributed by atoms with Crippen LogP contribution in [0.1, 0.15) is 5.56 Å². The van der Waals surface area contributed by atoms with E-state index in [-0.39, 0.29) is 0 Å². The van der Waals surface area contributed by atoms with Crippen molar-refractivity contribution in [3.63, 3.8) is 0 Å². The van der Waals surface area contributed by atoms with Gasteiger partial charge in [0, 0.05) is 18.9 Å². The van der Waals surface area contributed by atoms with Crippen molar-refractivity contribution in [3.05, 3.63) is 42.5 Å². The van der Waals surface area contributed by atoms with Crippen LogP contribution < -0.4 is 14.8 Å². The molecule has 106 valence electrons. The third-order valence-corrected chi connectivity index (χ3v) is 3.28. The highest BCUT2D eigenvalue weighted by molar-refractivity contribution is 5.61. The Morgan fingerprint density at radius 1 is 1.19 bits per heavy atom. The Hall–Kier alpha value is -2.83. The molecule has 4 rings (SSSR count). The van der Waals surface area contributed by atoms with Gasteiger partial charge in [0.1, 0.15) is 19.5 Å². The van der Waals surface area contributed by atoms with Crippen LogP contribution in [-0.2, 0) is 6.54 Å². The monoisotopic (exact) mass is 283 g/mol. The van der Waals surface area contributed by atoms with Gasteiger partial charge in [0.25, 0.3) is 0 Å². The Balaban J connectivity index is 1.55. The molecule has 1 aliphatic heterocycles. The van der Waals surface area contributed by atoms with E-state index in [1.807, 2.05) is 28.8 Å². The number of anilines is 1. The molecule has 0 aliphatic carbocycles. The summed E-state index contributed by atoms with van der Waals surface area (Å²) in [5, 5.41) is 11.2. The molecule has 0 amide bonds. The standard InChI is InChI=1S/C14H13N5O2/c1-2-11-12(21-6-5-20-11)7-10(1)8-16-13-14-18-17-9-19(14)4-3-15-13/h1-4,7,9H,5-6,8H2,(H,15,16). The van der Waals surface area contributed by atoms with Crippen LogP contribution in [0.3, 0.4) is 0 Å². The summed E-state index contributed by atoms with van der Waals surface area (Å²) < 4.78 is 12.9. The first-order chi connectivity index (χ1) is 10.4. The molecule has 21 heavy (non-hydrogen) atoms. The SMILES string of the molecule is c1cn2cnnc2c(NCc2ccc3c(c2)OCCO3)n1. The van der Waals surface area contributed by atoms with E-state index < -0.39 is 0 Å². The molecule has 0 fully saturated rings. The lowest BCUT2D eigenvalue weighted by Crippen LogP contribution is -2.15. The molecule has 0 spiro atoms. The Labute approximate surface area is 120 Å². The van der Waals surface area contributed by atoms with Crippen molar-refractivity contribution >= 4 is 11.5 Å². The van der Waals surface area contributed by atoms with Gasteiger partial charge in [0.05, 0.1) is 0 Å². The van der Waals surface area contributed by atoms with Gasteiger partial charge in [-0.05, 0) is 17.7 Å². The van der Waals surface area contributed by atoms with Gasteiger partial charge in [0.15, 0.2) is 17.3 Å². The minimum absolute atomic E-state index is 0.588. The maximum Gasteiger partial charge on any atom is 0.203 e. The van der Waals surface area contributed by atoms with Crippen LogP contribution in [0.2, 0.25) is 0 Å². The first kappa shape index (κ1) is 12.0. The molecule has 0 bridgehead atoms. The molecule has 1 aliphatic rings. The quantitative estimate of drug-likeness (QED) is 0.785. The summed E-state index contributed by atoms with van der Waals surface area (Å²) >= 11 is 0. The third-order valence-electron chi connectivity index (χ3n) is 3.28. The van der Waals surface area contributed by atoms with Crippen molar-refractivity contribution in [2.75, 3.05) is 18.5 Å². The highest BCUT2D eigenvalue weighted by atomic mass is 16.6. The molecule has 0 atom stereocenters. The molecule has 0 saturated heterocycles. The smallest absolute Gasteiger partial charge is 0.203 e. The number of nitrogens with one attached hydrogen (secondary N) is 1. The number of aromatic nitrogens is 4. The predicted octanol–water partition coefficient (Wildman–Crippen LogP) is 1.51. The van der Waals surface area contributed by atoms with Gasteiger partial charge in [-0.15, -0.1) is 10.2 Å². The summed E-state index contributed by atoms with van der Waals surface area (Å²) in [6, 6.07) is 5.91. The number of nitrogens with zero attached hydrogens (tertiary/aromatic N) is 4. The molecule has 0 saturated carbocycles. The van der Waals surface area contributed by atoms with Gasteiger partial charge in [-0.25, -0.2) is 4.98 Å². The summed E-state index contributed by atoms with van der Waals surface area (Å²) in [7, 11) is 0. The number of hydrogen-bond donors (Lipinski definition) is 1. The fraction of sp³-hybridized carbons (Fsp3) is 0.214. The third kappa shape index (κ3) is 2.22. The van der Waals surface area contributed by atoms with Gasteiger partial charge in [-0.3, -0.25) is 4.40 Å². The second kappa shape index (κ2) is 4.93. The fourth-order valence-corrected chi connectivity index (χ4v) is 2.27. The van der Waals surface area contributed by atoms with Gasteiger partial charge in [0.2, 0.25) is 5.65 Å². The number of rotatable bonds is 3. The Morgan fingerprint density at radius 3 is 3.05 bits per heavy atom. The van der Waals surface area contributed by atoms with Gasteiger partial charge < -0.3 is 14.8 Å². The lowest BCUT2D eigenvalue weighted by molar-refractivity contribution is 0.171. The van der Waals surface area contributed by atoms with E-state index >= 15 is 0 Å². The zero-order chi connectivity index (χ0) is 14.1. The predicted molar refractivity (Wildman–Crippen MR) is 75.5 cm³/mol. The number of fused-ring (bicyclic) bond motifs is 2. The van der Waals surface area contributed by atoms with E-state index in [0.29, 0.717) is 31.2 Å². The molecular weight excluding hydrogens is 270 g/mol. The summed E-state index contributed by atoms with van der Waals surface area (Å²) in [5.74, 6) is 2.28. The molecule has 0 radical (unpaired) electrons. The second-order valence-electron chi connectivity index (χ2n) is 4.67. The summed E-state index contributed by atoms with van der Waals surface area (Å²) in [4.78, 5) is 4.29. The van der Waals surface area contributed by atoms with Crippen molar-refractivity contribution in [1.82, 2.24) is 19.6 Å². The van der Waals surface area contributed by atoms with Crippen molar-refractivity contribution in [3.8, 4) is 11.5 Å². The van der Waals surface area contributed by atoms with E-state index in [1.165, 1.54) is 0 Å². The minimum Gasteiger partial charge on any atom is -0.486 e. The van der Waals surface area contributed by atoms with Crippen LogP contribution in [0.5, 0.6) is 11.5 Å². The van der Waals surface area contributed by atoms with Crippen LogP contribution in [-0.4, -0.2) is 32.8 Å². The normalized spacial score (nSPS) is 13.3. The van der Waals surface area contributed by atoms with Gasteiger partial charge >= 0.3 is 0 Å². The molecule has 7 heteroatoms. The van der Waals surface area contributed by atoms with Crippen LogP contribution in [0.15, 0.2) is 36.9 Å². The fourth-order valence-electron chi connectivity index (χ4n) is 2.27. The zero-order valence-corrected chi connectivity index (χ0v) is 11.2. The highest BCUT2D eigenvalue weighted by Crippen LogP contribution is 2.30. The molecular formula is C14H13N5O2. The van der Waals surface area contributed by atoms with Crippen molar-refractivity contribution in [2.24, 2.45) is 0 Å². The van der Waals surface area contributed by atoms with Crippen LogP contribution in [0.4, 0.5) is 5.82 Å². The molecule has 0 unspecified atom stereocenters. The second-order valence-corrected chi connectivity index (χ2v) is 4.67. The first-order valence-corrected chi connectivity index (χ1v) is 6.67. The topological polar surface area (TPSA) is 73.6 Å². The van der Waals surface area contributed by atoms with E-state index in [0.717, 1.165) is 17.1 Å². The van der Waals surface area contributed by atoms with E-state index in [1.54, 1.807) is 12.5 Å². The minimum atomic E-state index is 0.588. The molecule has 2 aromatic heterocycles. The Morgan fingerprint density at radius 2 is 2.10 bits per heavy atom. The Bertz CT molecular complexity index is 786. The van der Waals surface area contributed by atoms with Crippen molar-refractivity contribution < 1.29 is 9.47 Å². The summed E-state index contributed by atoms with van der Waals surface area (Å²) in [6.07, 6.45) is 5.17. The first-order valence-electron chi connectivity index (χ1n) is 6.67. The highest BCUT2D eigenvalue weighted by Gasteiger charge is 2.12. The van der Waals surface area contributed by atoms with Crippen LogP contribution in [0, 0.1) is 0 Å². The number of ether oxygens (including phenoxy) is 2. The van der Waals surface area contributed by atoms with E-state index in [4.69, 9.17) is 9.47 Å². The molecule has 3 heterocycles. The molecule has 7 nitrogen and oxygen atoms in total. The maximum absolute atomic E-state index is 5.58. The average molecular weight is 283 g/mol. The lowest BCUT2D eigenvalue weighted by Gasteiger charge is -2.19. The van der Waals surface area contributed by atoms with Gasteiger partial charge in [-0.2, -0.15) is 0 Å².